The Balaban J connectivity index is 1.49. The van der Waals surface area contributed by atoms with Crippen molar-refractivity contribution >= 4 is 17.6 Å². The Morgan fingerprint density at radius 3 is 2.86 bits per heavy atom. The number of carbonyl (C=O) groups excluding carboxylic acids is 1. The molecule has 4 rings (SSSR count). The van der Waals surface area contributed by atoms with Gasteiger partial charge < -0.3 is 9.47 Å². The fourth-order valence-corrected chi connectivity index (χ4v) is 5.63. The van der Waals surface area contributed by atoms with Gasteiger partial charge in [-0.2, -0.15) is 5.26 Å². The van der Waals surface area contributed by atoms with Crippen LogP contribution >= 0.6 is 11.3 Å². The molecule has 3 heterocycles. The van der Waals surface area contributed by atoms with E-state index in [0.29, 0.717) is 11.3 Å². The van der Waals surface area contributed by atoms with Gasteiger partial charge in [0.25, 0.3) is 0 Å². The van der Waals surface area contributed by atoms with Crippen LogP contribution in [-0.2, 0) is 23.3 Å². The number of benzene rings is 1. The first-order chi connectivity index (χ1) is 13.6. The number of nitrogens with zero attached hydrogens (tertiary/aromatic N) is 2. The van der Waals surface area contributed by atoms with Crippen LogP contribution in [0.25, 0.3) is 0 Å². The predicted octanol–water partition coefficient (Wildman–Crippen LogP) is 3.89. The summed E-state index contributed by atoms with van der Waals surface area (Å²) in [6.45, 7) is 4.81. The van der Waals surface area contributed by atoms with E-state index < -0.39 is 0 Å². The van der Waals surface area contributed by atoms with Gasteiger partial charge in [0.2, 0.25) is 0 Å². The summed E-state index contributed by atoms with van der Waals surface area (Å²) in [7, 11) is 1.60. The SMILES string of the molecule is COc1cc(CN2CCC3(CC2)OC(C)Cc2cc(C=O)sc23)ccc1C#N. The van der Waals surface area contributed by atoms with Gasteiger partial charge in [0.1, 0.15) is 17.4 Å². The number of likely N-dealkylation sites (tertiary alicyclic amines) is 1. The number of piperidine rings is 1. The molecule has 1 aromatic carbocycles. The molecule has 1 fully saturated rings. The smallest absolute Gasteiger partial charge is 0.160 e. The van der Waals surface area contributed by atoms with E-state index in [1.807, 2.05) is 24.3 Å². The number of ether oxygens (including phenoxy) is 2. The quantitative estimate of drug-likeness (QED) is 0.734. The molecule has 2 aliphatic heterocycles. The minimum absolute atomic E-state index is 0.177. The largest absolute Gasteiger partial charge is 0.495 e. The van der Waals surface area contributed by atoms with Crippen LogP contribution in [0.15, 0.2) is 24.3 Å². The van der Waals surface area contributed by atoms with Crippen LogP contribution < -0.4 is 4.74 Å². The van der Waals surface area contributed by atoms with Crippen molar-refractivity contribution in [2.75, 3.05) is 20.2 Å². The topological polar surface area (TPSA) is 62.6 Å². The van der Waals surface area contributed by atoms with Crippen LogP contribution in [0.4, 0.5) is 0 Å². The summed E-state index contributed by atoms with van der Waals surface area (Å²) in [6, 6.07) is 9.98. The maximum atomic E-state index is 11.3. The predicted molar refractivity (Wildman–Crippen MR) is 108 cm³/mol. The number of nitriles is 1. The normalized spacial score (nSPS) is 21.1. The van der Waals surface area contributed by atoms with Crippen LogP contribution in [0.2, 0.25) is 0 Å². The van der Waals surface area contributed by atoms with Crippen LogP contribution in [0, 0.1) is 11.3 Å². The average molecular weight is 397 g/mol. The van der Waals surface area contributed by atoms with Crippen molar-refractivity contribution in [2.24, 2.45) is 0 Å². The molecule has 1 atom stereocenters. The molecule has 28 heavy (non-hydrogen) atoms. The first-order valence-corrected chi connectivity index (χ1v) is 10.4. The van der Waals surface area contributed by atoms with Gasteiger partial charge in [-0.05, 0) is 55.5 Å². The Morgan fingerprint density at radius 1 is 1.39 bits per heavy atom. The lowest BCUT2D eigenvalue weighted by molar-refractivity contribution is -0.131. The monoisotopic (exact) mass is 396 g/mol. The zero-order valence-corrected chi connectivity index (χ0v) is 17.1. The van der Waals surface area contributed by atoms with Gasteiger partial charge in [0, 0.05) is 24.5 Å². The van der Waals surface area contributed by atoms with Gasteiger partial charge in [0.05, 0.1) is 23.7 Å². The molecule has 1 unspecified atom stereocenters. The number of hydrogen-bond acceptors (Lipinski definition) is 6. The van der Waals surface area contributed by atoms with E-state index in [9.17, 15) is 4.79 Å². The minimum atomic E-state index is -0.252. The van der Waals surface area contributed by atoms with Crippen LogP contribution in [0.5, 0.6) is 5.75 Å². The van der Waals surface area contributed by atoms with E-state index in [0.717, 1.165) is 55.6 Å². The summed E-state index contributed by atoms with van der Waals surface area (Å²) in [6.07, 6.45) is 3.87. The Bertz CT molecular complexity index is 922. The number of methoxy groups -OCH3 is 1. The number of fused-ring (bicyclic) bond motifs is 2. The van der Waals surface area contributed by atoms with Gasteiger partial charge in [-0.1, -0.05) is 6.07 Å². The highest BCUT2D eigenvalue weighted by Gasteiger charge is 2.44. The number of carbonyl (C=O) groups is 1. The fourth-order valence-electron chi connectivity index (χ4n) is 4.44. The van der Waals surface area contributed by atoms with Crippen molar-refractivity contribution in [2.45, 2.75) is 44.4 Å². The number of aldehydes is 1. The van der Waals surface area contributed by atoms with Crippen LogP contribution in [-0.4, -0.2) is 37.5 Å². The molecular weight excluding hydrogens is 372 g/mol. The van der Waals surface area contributed by atoms with Crippen LogP contribution in [0.3, 0.4) is 0 Å². The molecule has 1 saturated heterocycles. The zero-order chi connectivity index (χ0) is 19.7. The third kappa shape index (κ3) is 3.46. The molecule has 1 aromatic heterocycles. The molecule has 2 aromatic rings. The van der Waals surface area contributed by atoms with E-state index in [1.165, 1.54) is 10.4 Å². The molecule has 0 saturated carbocycles. The van der Waals surface area contributed by atoms with E-state index >= 15 is 0 Å². The van der Waals surface area contributed by atoms with Gasteiger partial charge in [-0.3, -0.25) is 9.69 Å². The Kier molecular flexibility index (Phi) is 5.24. The third-order valence-corrected chi connectivity index (χ3v) is 7.04. The third-order valence-electron chi connectivity index (χ3n) is 5.75. The van der Waals surface area contributed by atoms with E-state index in [2.05, 4.69) is 17.9 Å². The maximum Gasteiger partial charge on any atom is 0.160 e. The summed E-state index contributed by atoms with van der Waals surface area (Å²) in [5, 5.41) is 9.15. The van der Waals surface area contributed by atoms with Crippen molar-refractivity contribution in [3.63, 3.8) is 0 Å². The molecule has 0 aliphatic carbocycles. The van der Waals surface area contributed by atoms with E-state index in [4.69, 9.17) is 14.7 Å². The second-order valence-electron chi connectivity index (χ2n) is 7.67. The maximum absolute atomic E-state index is 11.3. The highest BCUT2D eigenvalue weighted by molar-refractivity contribution is 7.14. The Morgan fingerprint density at radius 2 is 2.18 bits per heavy atom. The van der Waals surface area contributed by atoms with E-state index in [1.54, 1.807) is 18.4 Å². The molecule has 0 amide bonds. The summed E-state index contributed by atoms with van der Waals surface area (Å²) in [4.78, 5) is 15.7. The zero-order valence-electron chi connectivity index (χ0n) is 16.2. The summed E-state index contributed by atoms with van der Waals surface area (Å²) in [5.41, 5.74) is 2.74. The second kappa shape index (κ2) is 7.67. The van der Waals surface area contributed by atoms with E-state index in [-0.39, 0.29) is 11.7 Å². The number of rotatable bonds is 4. The molecule has 5 nitrogen and oxygen atoms in total. The lowest BCUT2D eigenvalue weighted by Gasteiger charge is -2.45. The highest BCUT2D eigenvalue weighted by atomic mass is 32.1. The molecule has 6 heteroatoms. The van der Waals surface area contributed by atoms with Crippen molar-refractivity contribution < 1.29 is 14.3 Å². The van der Waals surface area contributed by atoms with Crippen molar-refractivity contribution in [3.05, 3.63) is 50.7 Å². The lowest BCUT2D eigenvalue weighted by Crippen LogP contribution is -2.47. The van der Waals surface area contributed by atoms with Gasteiger partial charge in [-0.25, -0.2) is 0 Å². The summed E-state index contributed by atoms with van der Waals surface area (Å²) >= 11 is 1.60. The molecule has 1 spiro atoms. The number of hydrogen-bond donors (Lipinski definition) is 0. The Labute approximate surface area is 169 Å². The van der Waals surface area contributed by atoms with Gasteiger partial charge in [0.15, 0.2) is 6.29 Å². The number of thiophene rings is 1. The first-order valence-electron chi connectivity index (χ1n) is 9.62. The standard InChI is InChI=1S/C22H24N2O3S/c1-15-9-18-11-19(14-25)28-21(18)22(27-15)5-7-24(8-6-22)13-16-3-4-17(12-23)20(10-16)26-2/h3-4,10-11,14-15H,5-9,13H2,1-2H3. The summed E-state index contributed by atoms with van der Waals surface area (Å²) in [5.74, 6) is 0.627. The molecule has 0 bridgehead atoms. The molecule has 0 N–H and O–H groups in total. The molecule has 2 aliphatic rings. The van der Waals surface area contributed by atoms with Crippen LogP contribution in [0.1, 0.15) is 51.0 Å². The first kappa shape index (κ1) is 19.1. The highest BCUT2D eigenvalue weighted by Crippen LogP contribution is 2.47. The lowest BCUT2D eigenvalue weighted by atomic mass is 9.84. The van der Waals surface area contributed by atoms with Crippen molar-refractivity contribution in [3.8, 4) is 11.8 Å². The average Bonchev–Trinajstić information content (AvgIpc) is 3.13. The molecule has 0 radical (unpaired) electrons. The van der Waals surface area contributed by atoms with Gasteiger partial charge >= 0.3 is 0 Å². The van der Waals surface area contributed by atoms with Crippen molar-refractivity contribution in [1.82, 2.24) is 4.90 Å². The molecule has 146 valence electrons. The fraction of sp³-hybridized carbons (Fsp3) is 0.455. The summed E-state index contributed by atoms with van der Waals surface area (Å²) < 4.78 is 11.8. The van der Waals surface area contributed by atoms with Gasteiger partial charge in [-0.15, -0.1) is 11.3 Å². The molecular formula is C22H24N2O3S. The minimum Gasteiger partial charge on any atom is -0.495 e. The Hall–Kier alpha value is -2.20. The second-order valence-corrected chi connectivity index (χ2v) is 8.75. The van der Waals surface area contributed by atoms with Crippen molar-refractivity contribution in [1.29, 1.82) is 5.26 Å².